The van der Waals surface area contributed by atoms with Gasteiger partial charge < -0.3 is 4.74 Å². The highest BCUT2D eigenvalue weighted by Crippen LogP contribution is 2.36. The largest absolute Gasteiger partial charge is 0.367 e. The summed E-state index contributed by atoms with van der Waals surface area (Å²) in [5, 5.41) is 0. The van der Waals surface area contributed by atoms with Crippen LogP contribution in [-0.2, 0) is 4.74 Å². The molecule has 0 amide bonds. The van der Waals surface area contributed by atoms with E-state index in [0.29, 0.717) is 6.10 Å². The molecule has 1 aliphatic rings. The third-order valence-electron chi connectivity index (χ3n) is 1.24. The highest BCUT2D eigenvalue weighted by atomic mass is 35.5. The lowest BCUT2D eigenvalue weighted by atomic mass is 10.4. The molecule has 0 spiro atoms. The molecule has 1 atom stereocenters. The average molecular weight is 161 g/mol. The van der Waals surface area contributed by atoms with Crippen LogP contribution in [0.3, 0.4) is 0 Å². The van der Waals surface area contributed by atoms with Crippen LogP contribution in [0.4, 0.5) is 0 Å². The third-order valence-corrected chi connectivity index (χ3v) is 2.57. The summed E-state index contributed by atoms with van der Waals surface area (Å²) in [6, 6.07) is 3.92. The van der Waals surface area contributed by atoms with Crippen molar-refractivity contribution in [3.8, 4) is 0 Å². The van der Waals surface area contributed by atoms with Crippen LogP contribution in [0.5, 0.6) is 0 Å². The third kappa shape index (κ3) is 1.11. The molecule has 1 aromatic heterocycles. The first kappa shape index (κ1) is 5.71. The van der Waals surface area contributed by atoms with Gasteiger partial charge in [0, 0.05) is 4.88 Å². The van der Waals surface area contributed by atoms with Gasteiger partial charge in [-0.2, -0.15) is 0 Å². The van der Waals surface area contributed by atoms with Crippen LogP contribution in [0.25, 0.3) is 0 Å². The first-order chi connectivity index (χ1) is 4.36. The topological polar surface area (TPSA) is 12.5 Å². The summed E-state index contributed by atoms with van der Waals surface area (Å²) < 4.78 is 5.91. The Kier molecular flexibility index (Phi) is 1.25. The molecule has 9 heavy (non-hydrogen) atoms. The molecule has 0 aromatic carbocycles. The molecule has 1 aromatic rings. The molecule has 1 fully saturated rings. The van der Waals surface area contributed by atoms with Gasteiger partial charge in [0.25, 0.3) is 0 Å². The lowest BCUT2D eigenvalue weighted by Gasteiger charge is -1.80. The molecule has 1 aliphatic heterocycles. The number of hydrogen-bond donors (Lipinski definition) is 0. The van der Waals surface area contributed by atoms with Crippen LogP contribution >= 0.6 is 22.9 Å². The van der Waals surface area contributed by atoms with Crippen LogP contribution in [0.2, 0.25) is 4.34 Å². The zero-order chi connectivity index (χ0) is 6.27. The first-order valence-corrected chi connectivity index (χ1v) is 3.92. The van der Waals surface area contributed by atoms with Crippen molar-refractivity contribution in [2.75, 3.05) is 6.61 Å². The molecule has 2 heterocycles. The van der Waals surface area contributed by atoms with Crippen molar-refractivity contribution in [3.05, 3.63) is 21.3 Å². The van der Waals surface area contributed by atoms with E-state index in [1.807, 2.05) is 12.1 Å². The maximum atomic E-state index is 5.70. The Labute approximate surface area is 62.2 Å². The molecule has 2 rings (SSSR count). The van der Waals surface area contributed by atoms with Crippen molar-refractivity contribution >= 4 is 22.9 Å². The average Bonchev–Trinajstić information content (AvgIpc) is 2.58. The Morgan fingerprint density at radius 2 is 2.44 bits per heavy atom. The molecule has 1 saturated heterocycles. The molecule has 0 aliphatic carbocycles. The van der Waals surface area contributed by atoms with Crippen molar-refractivity contribution in [1.82, 2.24) is 0 Å². The van der Waals surface area contributed by atoms with Crippen LogP contribution in [0.15, 0.2) is 12.1 Å². The lowest BCUT2D eigenvalue weighted by Crippen LogP contribution is -1.65. The van der Waals surface area contributed by atoms with E-state index < -0.39 is 0 Å². The van der Waals surface area contributed by atoms with Crippen LogP contribution in [-0.4, -0.2) is 6.61 Å². The van der Waals surface area contributed by atoms with E-state index in [4.69, 9.17) is 16.3 Å². The van der Waals surface area contributed by atoms with Gasteiger partial charge in [-0.1, -0.05) is 11.6 Å². The van der Waals surface area contributed by atoms with Gasteiger partial charge >= 0.3 is 0 Å². The van der Waals surface area contributed by atoms with Gasteiger partial charge in [-0.15, -0.1) is 11.3 Å². The Hall–Kier alpha value is -0.0500. The van der Waals surface area contributed by atoms with E-state index in [2.05, 4.69) is 0 Å². The van der Waals surface area contributed by atoms with Crippen molar-refractivity contribution in [2.24, 2.45) is 0 Å². The summed E-state index contributed by atoms with van der Waals surface area (Å²) in [5.74, 6) is 0. The predicted octanol–water partition coefficient (Wildman–Crippen LogP) is 2.47. The number of ether oxygens (including phenoxy) is 1. The standard InChI is InChI=1S/C6H5ClOS/c7-6-2-1-5(9-6)4-3-8-4/h1-2,4H,3H2/t4-/m1/s1. The monoisotopic (exact) mass is 160 g/mol. The fourth-order valence-corrected chi connectivity index (χ4v) is 1.81. The first-order valence-electron chi connectivity index (χ1n) is 2.73. The van der Waals surface area contributed by atoms with Crippen LogP contribution < -0.4 is 0 Å². The second-order valence-corrected chi connectivity index (χ2v) is 3.71. The predicted molar refractivity (Wildman–Crippen MR) is 38.0 cm³/mol. The number of epoxide rings is 1. The van der Waals surface area contributed by atoms with Gasteiger partial charge in [0.15, 0.2) is 0 Å². The number of thiophene rings is 1. The second-order valence-electron chi connectivity index (χ2n) is 1.96. The molecule has 0 bridgehead atoms. The second kappa shape index (κ2) is 1.97. The molecule has 1 nitrogen and oxygen atoms in total. The fraction of sp³-hybridized carbons (Fsp3) is 0.333. The summed E-state index contributed by atoms with van der Waals surface area (Å²) >= 11 is 7.29. The van der Waals surface area contributed by atoms with E-state index in [-0.39, 0.29) is 0 Å². The van der Waals surface area contributed by atoms with Crippen molar-refractivity contribution in [1.29, 1.82) is 0 Å². The molecule has 0 N–H and O–H groups in total. The summed E-state index contributed by atoms with van der Waals surface area (Å²) in [7, 11) is 0. The van der Waals surface area contributed by atoms with Gasteiger partial charge in [-0.05, 0) is 12.1 Å². The fourth-order valence-electron chi connectivity index (χ4n) is 0.714. The highest BCUT2D eigenvalue weighted by Gasteiger charge is 2.25. The SMILES string of the molecule is Clc1ccc([C@H]2CO2)s1. The van der Waals surface area contributed by atoms with Gasteiger partial charge in [0.05, 0.1) is 10.9 Å². The van der Waals surface area contributed by atoms with E-state index in [1.165, 1.54) is 4.88 Å². The molecule has 0 saturated carbocycles. The Bertz CT molecular complexity index is 217. The van der Waals surface area contributed by atoms with Crippen molar-refractivity contribution < 1.29 is 4.74 Å². The summed E-state index contributed by atoms with van der Waals surface area (Å²) in [6.07, 6.45) is 0.363. The molecule has 3 heteroatoms. The smallest absolute Gasteiger partial charge is 0.115 e. The zero-order valence-electron chi connectivity index (χ0n) is 4.63. The Morgan fingerprint density at radius 3 is 2.89 bits per heavy atom. The Balaban J connectivity index is 2.28. The van der Waals surface area contributed by atoms with E-state index >= 15 is 0 Å². The van der Waals surface area contributed by atoms with Crippen molar-refractivity contribution in [2.45, 2.75) is 6.10 Å². The number of hydrogen-bond acceptors (Lipinski definition) is 2. The summed E-state index contributed by atoms with van der Waals surface area (Å²) in [5.41, 5.74) is 0. The Morgan fingerprint density at radius 1 is 1.67 bits per heavy atom. The molecular weight excluding hydrogens is 156 g/mol. The van der Waals surface area contributed by atoms with Crippen LogP contribution in [0, 0.1) is 0 Å². The minimum atomic E-state index is 0.363. The van der Waals surface area contributed by atoms with E-state index in [0.717, 1.165) is 10.9 Å². The quantitative estimate of drug-likeness (QED) is 0.575. The van der Waals surface area contributed by atoms with Gasteiger partial charge in [-0.25, -0.2) is 0 Å². The van der Waals surface area contributed by atoms with E-state index in [9.17, 15) is 0 Å². The molecule has 48 valence electrons. The summed E-state index contributed by atoms with van der Waals surface area (Å²) in [4.78, 5) is 1.25. The van der Waals surface area contributed by atoms with Gasteiger partial charge in [0.2, 0.25) is 0 Å². The number of halogens is 1. The van der Waals surface area contributed by atoms with Gasteiger partial charge in [-0.3, -0.25) is 0 Å². The molecule has 0 unspecified atom stereocenters. The lowest BCUT2D eigenvalue weighted by molar-refractivity contribution is 0.418. The minimum absolute atomic E-state index is 0.363. The van der Waals surface area contributed by atoms with Crippen LogP contribution in [0.1, 0.15) is 11.0 Å². The maximum absolute atomic E-state index is 5.70. The molecular formula is C6H5ClOS. The normalized spacial score (nSPS) is 24.3. The van der Waals surface area contributed by atoms with Gasteiger partial charge in [0.1, 0.15) is 6.10 Å². The molecule has 0 radical (unpaired) electrons. The zero-order valence-corrected chi connectivity index (χ0v) is 6.21. The highest BCUT2D eigenvalue weighted by molar-refractivity contribution is 7.16. The minimum Gasteiger partial charge on any atom is -0.367 e. The van der Waals surface area contributed by atoms with Crippen molar-refractivity contribution in [3.63, 3.8) is 0 Å². The number of rotatable bonds is 1. The van der Waals surface area contributed by atoms with E-state index in [1.54, 1.807) is 11.3 Å². The maximum Gasteiger partial charge on any atom is 0.115 e. The summed E-state index contributed by atoms with van der Waals surface area (Å²) in [6.45, 7) is 0.872.